The summed E-state index contributed by atoms with van der Waals surface area (Å²) in [5.41, 5.74) is 0.867. The third kappa shape index (κ3) is 2.87. The molecule has 0 aliphatic heterocycles. The number of alkyl halides is 1. The Kier molecular flexibility index (Phi) is 4.44. The quantitative estimate of drug-likeness (QED) is 0.451. The largest absolute Gasteiger partial charge is 0.379 e. The number of ether oxygens (including phenoxy) is 1. The molecule has 2 aromatic heterocycles. The summed E-state index contributed by atoms with van der Waals surface area (Å²) in [7, 11) is 0. The van der Waals surface area contributed by atoms with Gasteiger partial charge in [0.2, 0.25) is 0 Å². The Morgan fingerprint density at radius 2 is 2.25 bits per heavy atom. The Morgan fingerprint density at radius 3 is 3.12 bits per heavy atom. The van der Waals surface area contributed by atoms with Crippen LogP contribution in [0.2, 0.25) is 0 Å². The van der Waals surface area contributed by atoms with Crippen LogP contribution in [-0.4, -0.2) is 39.4 Å². The van der Waals surface area contributed by atoms with Crippen molar-refractivity contribution in [1.29, 1.82) is 0 Å². The number of hydrogen-bond donors (Lipinski definition) is 0. The van der Waals surface area contributed by atoms with E-state index in [2.05, 4.69) is 10.2 Å². The van der Waals surface area contributed by atoms with E-state index in [0.29, 0.717) is 19.1 Å². The topological polar surface area (TPSA) is 39.4 Å². The monoisotopic (exact) mass is 257 g/mol. The van der Waals surface area contributed by atoms with Crippen LogP contribution in [0.3, 0.4) is 0 Å². The Hall–Kier alpha value is -0.780. The van der Waals surface area contributed by atoms with Crippen LogP contribution >= 0.6 is 23.4 Å². The van der Waals surface area contributed by atoms with Gasteiger partial charge in [-0.15, -0.1) is 21.8 Å². The molecule has 2 aromatic rings. The molecule has 0 aromatic carbocycles. The van der Waals surface area contributed by atoms with Crippen LogP contribution in [0.15, 0.2) is 29.6 Å². The summed E-state index contributed by atoms with van der Waals surface area (Å²) >= 11 is 7.13. The van der Waals surface area contributed by atoms with Crippen LogP contribution < -0.4 is 0 Å². The molecule has 0 bridgehead atoms. The highest BCUT2D eigenvalue weighted by atomic mass is 35.5. The van der Waals surface area contributed by atoms with Crippen LogP contribution in [-0.2, 0) is 4.74 Å². The average molecular weight is 258 g/mol. The molecule has 0 radical (unpaired) electrons. The Balaban J connectivity index is 1.89. The molecule has 16 heavy (non-hydrogen) atoms. The summed E-state index contributed by atoms with van der Waals surface area (Å²) in [4.78, 5) is 0. The highest BCUT2D eigenvalue weighted by Gasteiger charge is 2.03. The van der Waals surface area contributed by atoms with Crippen LogP contribution in [0.25, 0.3) is 5.65 Å². The number of rotatable bonds is 6. The molecule has 0 unspecified atom stereocenters. The van der Waals surface area contributed by atoms with E-state index in [1.165, 1.54) is 0 Å². The van der Waals surface area contributed by atoms with Crippen molar-refractivity contribution >= 4 is 29.0 Å². The first-order valence-corrected chi connectivity index (χ1v) is 6.50. The maximum atomic E-state index is 5.50. The molecule has 6 heteroatoms. The van der Waals surface area contributed by atoms with Crippen molar-refractivity contribution in [3.05, 3.63) is 24.4 Å². The number of aromatic nitrogens is 3. The van der Waals surface area contributed by atoms with Gasteiger partial charge in [0.1, 0.15) is 0 Å². The Labute approximate surface area is 103 Å². The summed E-state index contributed by atoms with van der Waals surface area (Å²) in [6.45, 7) is 1.28. The van der Waals surface area contributed by atoms with Crippen molar-refractivity contribution < 1.29 is 4.74 Å². The zero-order valence-corrected chi connectivity index (χ0v) is 10.2. The fourth-order valence-electron chi connectivity index (χ4n) is 1.27. The van der Waals surface area contributed by atoms with Gasteiger partial charge in [-0.2, -0.15) is 0 Å². The predicted octanol–water partition coefficient (Wildman–Crippen LogP) is 2.08. The molecule has 0 atom stereocenters. The highest BCUT2D eigenvalue weighted by molar-refractivity contribution is 7.99. The van der Waals surface area contributed by atoms with Crippen molar-refractivity contribution in [2.75, 3.05) is 24.8 Å². The number of pyridine rings is 1. The molecule has 0 aliphatic rings. The van der Waals surface area contributed by atoms with Gasteiger partial charge in [-0.1, -0.05) is 17.8 Å². The predicted molar refractivity (Wildman–Crippen MR) is 65.3 cm³/mol. The zero-order valence-electron chi connectivity index (χ0n) is 8.67. The van der Waals surface area contributed by atoms with Crippen molar-refractivity contribution in [1.82, 2.24) is 14.6 Å². The molecule has 0 aliphatic carbocycles. The van der Waals surface area contributed by atoms with Gasteiger partial charge < -0.3 is 4.74 Å². The van der Waals surface area contributed by atoms with Crippen molar-refractivity contribution in [2.45, 2.75) is 5.16 Å². The second-order valence-electron chi connectivity index (χ2n) is 3.06. The van der Waals surface area contributed by atoms with E-state index in [9.17, 15) is 0 Å². The van der Waals surface area contributed by atoms with Crippen LogP contribution in [0, 0.1) is 0 Å². The van der Waals surface area contributed by atoms with Gasteiger partial charge >= 0.3 is 0 Å². The highest BCUT2D eigenvalue weighted by Crippen LogP contribution is 2.15. The second kappa shape index (κ2) is 6.08. The van der Waals surface area contributed by atoms with Gasteiger partial charge in [0.15, 0.2) is 10.8 Å². The summed E-state index contributed by atoms with van der Waals surface area (Å²) < 4.78 is 7.25. The molecule has 0 spiro atoms. The second-order valence-corrected chi connectivity index (χ2v) is 4.50. The molecule has 0 amide bonds. The standard InChI is InChI=1S/C10H12ClN3OS/c11-4-6-15-7-8-16-10-13-12-9-3-1-2-5-14(9)10/h1-3,5H,4,6-8H2. The van der Waals surface area contributed by atoms with Gasteiger partial charge in [0.25, 0.3) is 0 Å². The first-order valence-electron chi connectivity index (χ1n) is 4.98. The lowest BCUT2D eigenvalue weighted by Gasteiger charge is -2.00. The van der Waals surface area contributed by atoms with E-state index in [4.69, 9.17) is 16.3 Å². The lowest BCUT2D eigenvalue weighted by atomic mass is 10.5. The molecular weight excluding hydrogens is 246 g/mol. The minimum absolute atomic E-state index is 0.540. The molecule has 0 N–H and O–H groups in total. The van der Waals surface area contributed by atoms with Crippen molar-refractivity contribution in [3.8, 4) is 0 Å². The Bertz CT molecular complexity index is 448. The maximum Gasteiger partial charge on any atom is 0.195 e. The van der Waals surface area contributed by atoms with E-state index < -0.39 is 0 Å². The lowest BCUT2D eigenvalue weighted by molar-refractivity contribution is 0.166. The molecule has 4 nitrogen and oxygen atoms in total. The van der Waals surface area contributed by atoms with Crippen molar-refractivity contribution in [2.24, 2.45) is 0 Å². The zero-order chi connectivity index (χ0) is 11.2. The molecule has 0 fully saturated rings. The van der Waals surface area contributed by atoms with E-state index >= 15 is 0 Å². The maximum absolute atomic E-state index is 5.50. The summed E-state index contributed by atoms with van der Waals surface area (Å²) in [6.07, 6.45) is 1.96. The first-order chi connectivity index (χ1) is 7.92. The van der Waals surface area contributed by atoms with E-state index in [-0.39, 0.29) is 0 Å². The summed E-state index contributed by atoms with van der Waals surface area (Å²) in [5.74, 6) is 1.39. The SMILES string of the molecule is ClCCOCCSc1nnc2ccccn12. The van der Waals surface area contributed by atoms with Gasteiger partial charge in [0, 0.05) is 17.8 Å². The molecule has 86 valence electrons. The minimum Gasteiger partial charge on any atom is -0.379 e. The van der Waals surface area contributed by atoms with Crippen molar-refractivity contribution in [3.63, 3.8) is 0 Å². The summed E-state index contributed by atoms with van der Waals surface area (Å²) in [6, 6.07) is 5.84. The van der Waals surface area contributed by atoms with Crippen LogP contribution in [0.5, 0.6) is 0 Å². The van der Waals surface area contributed by atoms with Gasteiger partial charge in [0.05, 0.1) is 13.2 Å². The number of nitrogens with zero attached hydrogens (tertiary/aromatic N) is 3. The van der Waals surface area contributed by atoms with Crippen LogP contribution in [0.1, 0.15) is 0 Å². The van der Waals surface area contributed by atoms with Gasteiger partial charge in [-0.3, -0.25) is 4.40 Å². The number of hydrogen-bond acceptors (Lipinski definition) is 4. The Morgan fingerprint density at radius 1 is 1.31 bits per heavy atom. The number of halogens is 1. The van der Waals surface area contributed by atoms with E-state index in [0.717, 1.165) is 16.6 Å². The molecule has 2 rings (SSSR count). The number of fused-ring (bicyclic) bond motifs is 1. The average Bonchev–Trinajstić information content (AvgIpc) is 2.73. The molecular formula is C10H12ClN3OS. The third-order valence-corrected chi connectivity index (χ3v) is 3.02. The fourth-order valence-corrected chi connectivity index (χ4v) is 2.15. The smallest absolute Gasteiger partial charge is 0.195 e. The summed E-state index contributed by atoms with van der Waals surface area (Å²) in [5, 5.41) is 9.06. The molecule has 0 saturated heterocycles. The van der Waals surface area contributed by atoms with Gasteiger partial charge in [-0.05, 0) is 12.1 Å². The molecule has 2 heterocycles. The minimum atomic E-state index is 0.540. The van der Waals surface area contributed by atoms with Gasteiger partial charge in [-0.25, -0.2) is 0 Å². The third-order valence-electron chi connectivity index (χ3n) is 1.96. The number of thioether (sulfide) groups is 1. The van der Waals surface area contributed by atoms with Crippen LogP contribution in [0.4, 0.5) is 0 Å². The van der Waals surface area contributed by atoms with E-state index in [1.54, 1.807) is 11.8 Å². The first kappa shape index (κ1) is 11.7. The normalized spacial score (nSPS) is 11.1. The van der Waals surface area contributed by atoms with E-state index in [1.807, 2.05) is 28.8 Å². The fraction of sp³-hybridized carbons (Fsp3) is 0.400. The molecule has 0 saturated carbocycles. The lowest BCUT2D eigenvalue weighted by Crippen LogP contribution is -2.00.